The van der Waals surface area contributed by atoms with E-state index < -0.39 is 0 Å². The van der Waals surface area contributed by atoms with Crippen LogP contribution in [0.4, 0.5) is 0 Å². The van der Waals surface area contributed by atoms with E-state index in [1.807, 2.05) is 6.20 Å². The molecule has 1 aliphatic rings. The van der Waals surface area contributed by atoms with Gasteiger partial charge in [-0.1, -0.05) is 12.8 Å². The summed E-state index contributed by atoms with van der Waals surface area (Å²) in [6, 6.07) is 0.298. The summed E-state index contributed by atoms with van der Waals surface area (Å²) in [5.41, 5.74) is 7.06. The maximum atomic E-state index is 5.70. The van der Waals surface area contributed by atoms with Gasteiger partial charge in [0.25, 0.3) is 0 Å². The molecular formula is C11H18BrN3. The third kappa shape index (κ3) is 2.11. The lowest BCUT2D eigenvalue weighted by molar-refractivity contribution is 0.461. The highest BCUT2D eigenvalue weighted by atomic mass is 79.9. The van der Waals surface area contributed by atoms with E-state index in [0.717, 1.165) is 4.47 Å². The topological polar surface area (TPSA) is 43.8 Å². The third-order valence-corrected chi connectivity index (χ3v) is 3.90. The first-order valence-corrected chi connectivity index (χ1v) is 6.46. The van der Waals surface area contributed by atoms with E-state index in [9.17, 15) is 0 Å². The summed E-state index contributed by atoms with van der Waals surface area (Å²) >= 11 is 3.60. The highest BCUT2D eigenvalue weighted by molar-refractivity contribution is 9.10. The van der Waals surface area contributed by atoms with Crippen LogP contribution in [-0.4, -0.2) is 16.3 Å². The molecule has 1 heterocycles. The highest BCUT2D eigenvalue weighted by Crippen LogP contribution is 2.38. The minimum Gasteiger partial charge on any atom is -0.328 e. The van der Waals surface area contributed by atoms with Crippen molar-refractivity contribution in [2.75, 3.05) is 6.54 Å². The Morgan fingerprint density at radius 3 is 2.87 bits per heavy atom. The lowest BCUT2D eigenvalue weighted by Crippen LogP contribution is -2.20. The fourth-order valence-corrected chi connectivity index (χ4v) is 2.98. The summed E-state index contributed by atoms with van der Waals surface area (Å²) in [6.07, 6.45) is 7.18. The van der Waals surface area contributed by atoms with Crippen LogP contribution < -0.4 is 5.73 Å². The lowest BCUT2D eigenvalue weighted by atomic mass is 10.0. The molecule has 1 aromatic rings. The van der Waals surface area contributed by atoms with Crippen molar-refractivity contribution in [3.05, 3.63) is 16.4 Å². The van der Waals surface area contributed by atoms with Gasteiger partial charge in [0.05, 0.1) is 22.4 Å². The Labute approximate surface area is 99.2 Å². The first-order valence-electron chi connectivity index (χ1n) is 5.67. The van der Waals surface area contributed by atoms with E-state index in [2.05, 4.69) is 32.6 Å². The molecule has 15 heavy (non-hydrogen) atoms. The average molecular weight is 272 g/mol. The Morgan fingerprint density at radius 2 is 2.27 bits per heavy atom. The molecule has 0 aliphatic heterocycles. The van der Waals surface area contributed by atoms with Crippen LogP contribution in [0.5, 0.6) is 0 Å². The Kier molecular flexibility index (Phi) is 3.46. The van der Waals surface area contributed by atoms with Gasteiger partial charge < -0.3 is 5.73 Å². The zero-order chi connectivity index (χ0) is 10.8. The molecule has 4 heteroatoms. The summed E-state index contributed by atoms with van der Waals surface area (Å²) in [4.78, 5) is 0. The van der Waals surface area contributed by atoms with Crippen molar-refractivity contribution in [3.63, 3.8) is 0 Å². The van der Waals surface area contributed by atoms with E-state index in [-0.39, 0.29) is 0 Å². The molecule has 1 aromatic heterocycles. The monoisotopic (exact) mass is 271 g/mol. The second kappa shape index (κ2) is 4.66. The molecule has 0 radical (unpaired) electrons. The first-order chi connectivity index (χ1) is 7.24. The molecule has 0 bridgehead atoms. The van der Waals surface area contributed by atoms with E-state index in [1.165, 1.54) is 31.4 Å². The number of hydrogen-bond donors (Lipinski definition) is 1. The fraction of sp³-hybridized carbons (Fsp3) is 0.727. The van der Waals surface area contributed by atoms with Crippen LogP contribution in [0.15, 0.2) is 10.7 Å². The summed E-state index contributed by atoms with van der Waals surface area (Å²) in [7, 11) is 0. The molecule has 0 saturated heterocycles. The number of nitrogens with zero attached hydrogens (tertiary/aromatic N) is 2. The minimum absolute atomic E-state index is 0.298. The van der Waals surface area contributed by atoms with Gasteiger partial charge in [0.2, 0.25) is 0 Å². The van der Waals surface area contributed by atoms with Gasteiger partial charge in [0.15, 0.2) is 0 Å². The predicted octanol–water partition coefficient (Wildman–Crippen LogP) is 2.82. The zero-order valence-corrected chi connectivity index (χ0v) is 10.7. The molecule has 2 N–H and O–H groups in total. The van der Waals surface area contributed by atoms with Crippen LogP contribution in [0.3, 0.4) is 0 Å². The van der Waals surface area contributed by atoms with Crippen LogP contribution in [0.25, 0.3) is 0 Å². The summed E-state index contributed by atoms with van der Waals surface area (Å²) < 4.78 is 3.25. The van der Waals surface area contributed by atoms with Crippen LogP contribution in [0.1, 0.15) is 50.3 Å². The van der Waals surface area contributed by atoms with E-state index in [4.69, 9.17) is 5.73 Å². The van der Waals surface area contributed by atoms with E-state index >= 15 is 0 Å². The fourth-order valence-electron chi connectivity index (χ4n) is 2.38. The molecule has 1 fully saturated rings. The number of hydrogen-bond acceptors (Lipinski definition) is 2. The van der Waals surface area contributed by atoms with Gasteiger partial charge in [-0.2, -0.15) is 5.10 Å². The van der Waals surface area contributed by atoms with Crippen molar-refractivity contribution < 1.29 is 0 Å². The maximum absolute atomic E-state index is 5.70. The van der Waals surface area contributed by atoms with Crippen molar-refractivity contribution in [2.45, 2.75) is 44.6 Å². The third-order valence-electron chi connectivity index (χ3n) is 3.29. The Hall–Kier alpha value is -0.350. The molecule has 1 saturated carbocycles. The first kappa shape index (κ1) is 11.1. The number of nitrogens with two attached hydrogens (primary N) is 1. The number of aromatic nitrogens is 2. The molecule has 84 valence electrons. The van der Waals surface area contributed by atoms with Crippen molar-refractivity contribution in [1.82, 2.24) is 9.78 Å². The quantitative estimate of drug-likeness (QED) is 0.919. The molecule has 1 unspecified atom stereocenters. The van der Waals surface area contributed by atoms with E-state index in [1.54, 1.807) is 0 Å². The van der Waals surface area contributed by atoms with Gasteiger partial charge in [0, 0.05) is 12.5 Å². The van der Waals surface area contributed by atoms with Gasteiger partial charge >= 0.3 is 0 Å². The smallest absolute Gasteiger partial charge is 0.0635 e. The summed E-state index contributed by atoms with van der Waals surface area (Å²) in [6.45, 7) is 2.77. The van der Waals surface area contributed by atoms with Gasteiger partial charge in [-0.15, -0.1) is 0 Å². The zero-order valence-electron chi connectivity index (χ0n) is 9.12. The van der Waals surface area contributed by atoms with Gasteiger partial charge in [-0.3, -0.25) is 4.68 Å². The maximum Gasteiger partial charge on any atom is 0.0635 e. The number of rotatable bonds is 3. The van der Waals surface area contributed by atoms with Gasteiger partial charge in [-0.25, -0.2) is 0 Å². The molecule has 1 aliphatic carbocycles. The van der Waals surface area contributed by atoms with Gasteiger partial charge in [-0.05, 0) is 35.7 Å². The molecule has 3 nitrogen and oxygen atoms in total. The standard InChI is InChI=1S/C11H18BrN3/c1-8(6-13)15-11(10(12)7-14-15)9-4-2-3-5-9/h7-9H,2-6,13H2,1H3. The van der Waals surface area contributed by atoms with Crippen molar-refractivity contribution in [1.29, 1.82) is 0 Å². The minimum atomic E-state index is 0.298. The Bertz CT molecular complexity index is 329. The molecule has 0 amide bonds. The van der Waals surface area contributed by atoms with E-state index in [0.29, 0.717) is 18.5 Å². The predicted molar refractivity (Wildman–Crippen MR) is 64.9 cm³/mol. The highest BCUT2D eigenvalue weighted by Gasteiger charge is 2.24. The Morgan fingerprint density at radius 1 is 1.60 bits per heavy atom. The second-order valence-electron chi connectivity index (χ2n) is 4.39. The molecule has 0 spiro atoms. The SMILES string of the molecule is CC(CN)n1ncc(Br)c1C1CCCC1. The summed E-state index contributed by atoms with van der Waals surface area (Å²) in [5.74, 6) is 0.677. The Balaban J connectivity index is 2.30. The molecule has 2 rings (SSSR count). The average Bonchev–Trinajstić information content (AvgIpc) is 2.85. The largest absolute Gasteiger partial charge is 0.328 e. The van der Waals surface area contributed by atoms with Crippen LogP contribution in [0.2, 0.25) is 0 Å². The second-order valence-corrected chi connectivity index (χ2v) is 5.24. The number of halogens is 1. The van der Waals surface area contributed by atoms with Crippen molar-refractivity contribution in [2.24, 2.45) is 5.73 Å². The lowest BCUT2D eigenvalue weighted by Gasteiger charge is -2.18. The van der Waals surface area contributed by atoms with Crippen LogP contribution >= 0.6 is 15.9 Å². The van der Waals surface area contributed by atoms with Crippen molar-refractivity contribution in [3.8, 4) is 0 Å². The van der Waals surface area contributed by atoms with Gasteiger partial charge in [0.1, 0.15) is 0 Å². The molecule has 1 atom stereocenters. The summed E-state index contributed by atoms with van der Waals surface area (Å²) in [5, 5.41) is 4.42. The van der Waals surface area contributed by atoms with Crippen LogP contribution in [0, 0.1) is 0 Å². The van der Waals surface area contributed by atoms with Crippen LogP contribution in [-0.2, 0) is 0 Å². The normalized spacial score (nSPS) is 19.7. The molecular weight excluding hydrogens is 254 g/mol. The molecule has 0 aromatic carbocycles. The van der Waals surface area contributed by atoms with Crippen molar-refractivity contribution >= 4 is 15.9 Å².